The summed E-state index contributed by atoms with van der Waals surface area (Å²) in [6.45, 7) is 18.3. The van der Waals surface area contributed by atoms with Gasteiger partial charge in [0.1, 0.15) is 5.82 Å². The number of benzene rings is 4. The first-order chi connectivity index (χ1) is 58.0. The molecule has 32 heteroatoms. The molecule has 121 heavy (non-hydrogen) atoms. The lowest BCUT2D eigenvalue weighted by molar-refractivity contribution is -0.141. The van der Waals surface area contributed by atoms with Crippen LogP contribution in [-0.4, -0.2) is 174 Å². The van der Waals surface area contributed by atoms with Crippen molar-refractivity contribution in [3.05, 3.63) is 189 Å². The van der Waals surface area contributed by atoms with Crippen molar-refractivity contribution in [1.82, 2.24) is 97.8 Å². The van der Waals surface area contributed by atoms with Gasteiger partial charge in [-0.25, -0.2) is 4.39 Å². The van der Waals surface area contributed by atoms with Gasteiger partial charge in [-0.3, -0.25) is 56.6 Å². The number of carbonyl (C=O) groups excluding carboxylic acids is 4. The summed E-state index contributed by atoms with van der Waals surface area (Å²) < 4.78 is 69.9. The van der Waals surface area contributed by atoms with Crippen LogP contribution in [0.4, 0.5) is 63.6 Å². The van der Waals surface area contributed by atoms with Crippen LogP contribution >= 0.6 is 0 Å². The Morgan fingerprint density at radius 1 is 0.405 bits per heavy atom. The molecule has 1 aliphatic carbocycles. The Balaban J connectivity index is 0.000000111. The standard InChI is InChI=1S/C24H28N6O.C22H23F3N6O.C22H26N6O.C21H23FN6O/c1-16(31)28-9-8-22-21(15-28)24(26-30(22)13-17-3-4-17)29-10-7-18-5-6-19(11-23(18)29)20-12-25-27(2)14-20;1-13(32)30-8-7-19-17(12-30)21(27-29(19)3)31-9-6-15-10-14(4-5-18(15)31)16-11-28(2)26-20(16)22(23,24)25;1-14-11-28(21-6-5-16(9-18(14)21)17-10-23-25(3)12-17)22-19-13-27(15(2)29)8-7-20(19)26(4)24-22;1-13(29)27-6-5-19-17(12-27)21(24-26(19)3)28-7-4-14-8-16(18(22)9-20(14)28)15-10-23-25(2)11-15/h5-6,11-12,14,17H,3-4,7-10,13,15H2,1-2H3;4-5,10-11H,6-9,12H2,1-3H3;5-6,9-10,12,14H,7-8,11,13H2,1-4H3;8-11H,4-7,12H2,1-3H3. The van der Waals surface area contributed by atoms with E-state index in [0.717, 1.165) is 169 Å². The van der Waals surface area contributed by atoms with Crippen LogP contribution in [0.1, 0.15) is 126 Å². The number of hydrogen-bond acceptors (Lipinski definition) is 16. The van der Waals surface area contributed by atoms with Gasteiger partial charge in [0.25, 0.3) is 0 Å². The second kappa shape index (κ2) is 31.2. The van der Waals surface area contributed by atoms with Crippen molar-refractivity contribution in [2.24, 2.45) is 55.3 Å². The fourth-order valence-corrected chi connectivity index (χ4v) is 18.9. The first-order valence-corrected chi connectivity index (χ1v) is 41.7. The minimum absolute atomic E-state index is 0.0360. The maximum atomic E-state index is 15.0. The van der Waals surface area contributed by atoms with E-state index in [2.05, 4.69) is 94.2 Å². The SMILES string of the molecule is CC(=O)N1CCc2c(c(N3CC(C)c4cc(-c5cnn(C)c5)ccc43)nn2C)C1.CC(=O)N1CCc2c(c(N3CCc4cc(-c5cn(C)nc5C(F)(F)F)ccc43)nn2C)C1.CC(=O)N1CCc2c(c(N3CCc4cc(-c5cnn(C)c5)c(F)cc43)nn2C)C1.CC(=O)N1CCc2c(c(N3CCc4ccc(-c5cnn(C)c5)cc43)nn2CC2CC2)C1. The maximum absolute atomic E-state index is 15.0. The van der Waals surface area contributed by atoms with E-state index in [1.165, 1.54) is 86.9 Å². The van der Waals surface area contributed by atoms with Crippen molar-refractivity contribution < 1.29 is 36.7 Å². The molecule has 8 aromatic heterocycles. The van der Waals surface area contributed by atoms with Crippen LogP contribution < -0.4 is 19.6 Å². The highest BCUT2D eigenvalue weighted by molar-refractivity contribution is 5.83. The molecule has 16 heterocycles. The molecule has 628 valence electrons. The minimum atomic E-state index is -4.52. The van der Waals surface area contributed by atoms with Gasteiger partial charge in [0.2, 0.25) is 23.6 Å². The normalized spacial score (nSPS) is 16.8. The van der Waals surface area contributed by atoms with E-state index < -0.39 is 11.9 Å². The molecular weight excluding hydrogens is 1550 g/mol. The number of carbonyl (C=O) groups is 4. The van der Waals surface area contributed by atoms with Crippen molar-refractivity contribution in [3.8, 4) is 44.5 Å². The van der Waals surface area contributed by atoms with Gasteiger partial charge in [-0.15, -0.1) is 0 Å². The zero-order valence-electron chi connectivity index (χ0n) is 70.5. The second-order valence-electron chi connectivity index (χ2n) is 33.7. The van der Waals surface area contributed by atoms with E-state index in [1.54, 1.807) is 50.7 Å². The molecule has 1 saturated carbocycles. The van der Waals surface area contributed by atoms with Crippen LogP contribution in [0.2, 0.25) is 0 Å². The summed E-state index contributed by atoms with van der Waals surface area (Å²) in [5, 5.41) is 35.9. The third kappa shape index (κ3) is 15.1. The number of anilines is 8. The average molecular weight is 1650 g/mol. The lowest BCUT2D eigenvalue weighted by Gasteiger charge is -2.28. The highest BCUT2D eigenvalue weighted by Gasteiger charge is 2.41. The molecule has 0 radical (unpaired) electrons. The lowest BCUT2D eigenvalue weighted by atomic mass is 9.99. The molecule has 8 aliphatic heterocycles. The van der Waals surface area contributed by atoms with Gasteiger partial charge in [0.15, 0.2) is 29.0 Å². The van der Waals surface area contributed by atoms with Crippen LogP contribution in [0, 0.1) is 11.7 Å². The third-order valence-electron chi connectivity index (χ3n) is 25.5. The molecule has 28 nitrogen and oxygen atoms in total. The highest BCUT2D eigenvalue weighted by atomic mass is 19.4. The van der Waals surface area contributed by atoms with Gasteiger partial charge in [-0.2, -0.15) is 54.0 Å². The van der Waals surface area contributed by atoms with Crippen LogP contribution in [0.5, 0.6) is 0 Å². The molecular formula is C89H100F4N24O4. The summed E-state index contributed by atoms with van der Waals surface area (Å²) in [5.41, 5.74) is 24.1. The summed E-state index contributed by atoms with van der Waals surface area (Å²) in [5.74, 6) is 4.98. The largest absolute Gasteiger partial charge is 0.435 e. The molecule has 21 rings (SSSR count). The lowest BCUT2D eigenvalue weighted by Crippen LogP contribution is -2.35. The molecule has 4 aromatic carbocycles. The average Bonchev–Trinajstić information content (AvgIpc) is 1.61. The number of alkyl halides is 3. The monoisotopic (exact) mass is 1640 g/mol. The minimum Gasteiger partial charge on any atom is -0.338 e. The Labute approximate surface area is 698 Å². The third-order valence-corrected chi connectivity index (χ3v) is 25.5. The molecule has 12 aromatic rings. The fourth-order valence-electron chi connectivity index (χ4n) is 18.9. The van der Waals surface area contributed by atoms with Crippen molar-refractivity contribution in [3.63, 3.8) is 0 Å². The smallest absolute Gasteiger partial charge is 0.338 e. The van der Waals surface area contributed by atoms with Crippen molar-refractivity contribution >= 4 is 69.6 Å². The van der Waals surface area contributed by atoms with E-state index in [4.69, 9.17) is 20.4 Å². The summed E-state index contributed by atoms with van der Waals surface area (Å²) in [7, 11) is 13.1. The molecule has 4 amide bonds. The zero-order chi connectivity index (χ0) is 84.5. The topological polar surface area (TPSA) is 237 Å². The fraction of sp³-hybridized carbons (Fsp3) is 0.416. The van der Waals surface area contributed by atoms with Gasteiger partial charge in [0.05, 0.1) is 44.8 Å². The number of rotatable bonds is 10. The van der Waals surface area contributed by atoms with E-state index in [0.29, 0.717) is 69.3 Å². The predicted octanol–water partition coefficient (Wildman–Crippen LogP) is 12.3. The van der Waals surface area contributed by atoms with Crippen molar-refractivity contribution in [2.45, 2.75) is 137 Å². The first-order valence-electron chi connectivity index (χ1n) is 41.7. The van der Waals surface area contributed by atoms with Crippen LogP contribution in [0.15, 0.2) is 110 Å². The number of nitrogens with zero attached hydrogens (tertiary/aromatic N) is 24. The van der Waals surface area contributed by atoms with E-state index in [-0.39, 0.29) is 35.0 Å². The summed E-state index contributed by atoms with van der Waals surface area (Å²) in [4.78, 5) is 64.3. The predicted molar refractivity (Wildman–Crippen MR) is 451 cm³/mol. The van der Waals surface area contributed by atoms with Crippen LogP contribution in [0.25, 0.3) is 44.5 Å². The number of halogens is 4. The van der Waals surface area contributed by atoms with Gasteiger partial charge in [-0.05, 0) is 119 Å². The molecule has 0 spiro atoms. The van der Waals surface area contributed by atoms with E-state index in [1.807, 2.05) is 128 Å². The van der Waals surface area contributed by atoms with Gasteiger partial charge in [-0.1, -0.05) is 31.2 Å². The van der Waals surface area contributed by atoms with Crippen LogP contribution in [-0.2, 0) is 152 Å². The Bertz CT molecular complexity index is 6100. The number of aromatic nitrogens is 16. The Morgan fingerprint density at radius 2 is 0.835 bits per heavy atom. The number of hydrogen-bond donors (Lipinski definition) is 0. The molecule has 0 N–H and O–H groups in total. The molecule has 1 unspecified atom stereocenters. The Kier molecular flexibility index (Phi) is 20.5. The van der Waals surface area contributed by atoms with E-state index in [9.17, 15) is 36.7 Å². The molecule has 0 bridgehead atoms. The van der Waals surface area contributed by atoms with Crippen molar-refractivity contribution in [1.29, 1.82) is 0 Å². The first kappa shape index (κ1) is 79.5. The summed E-state index contributed by atoms with van der Waals surface area (Å²) in [6.07, 6.45) is 16.8. The maximum Gasteiger partial charge on any atom is 0.435 e. The molecule has 9 aliphatic rings. The van der Waals surface area contributed by atoms with Gasteiger partial charge >= 0.3 is 6.18 Å². The second-order valence-corrected chi connectivity index (χ2v) is 33.7. The number of amides is 4. The number of aryl methyl sites for hydroxylation is 7. The molecule has 1 fully saturated rings. The summed E-state index contributed by atoms with van der Waals surface area (Å²) in [6, 6.07) is 22.3. The molecule has 0 saturated heterocycles. The van der Waals surface area contributed by atoms with Crippen molar-refractivity contribution in [2.75, 3.05) is 72.0 Å². The summed E-state index contributed by atoms with van der Waals surface area (Å²) >= 11 is 0. The Morgan fingerprint density at radius 3 is 1.33 bits per heavy atom. The Hall–Kier alpha value is -12.6. The molecule has 1 atom stereocenters. The van der Waals surface area contributed by atoms with Crippen LogP contribution in [0.3, 0.4) is 0 Å². The number of fused-ring (bicyclic) bond motifs is 8. The van der Waals surface area contributed by atoms with Gasteiger partial charge < -0.3 is 39.2 Å². The zero-order valence-corrected chi connectivity index (χ0v) is 70.5. The van der Waals surface area contributed by atoms with E-state index >= 15 is 0 Å². The van der Waals surface area contributed by atoms with Gasteiger partial charge in [0, 0.05) is 288 Å². The highest BCUT2D eigenvalue weighted by Crippen LogP contribution is 2.48. The quantitative estimate of drug-likeness (QED) is 0.116.